The van der Waals surface area contributed by atoms with Crippen LogP contribution < -0.4 is 0 Å². The molecule has 3 aliphatic heterocycles. The minimum Gasteiger partial charge on any atom is -0.376 e. The fourth-order valence-electron chi connectivity index (χ4n) is 4.42. The van der Waals surface area contributed by atoms with E-state index in [1.807, 2.05) is 42.6 Å². The van der Waals surface area contributed by atoms with Crippen LogP contribution in [0.1, 0.15) is 29.7 Å². The van der Waals surface area contributed by atoms with Crippen LogP contribution in [0, 0.1) is 17.8 Å². The number of fused-ring (bicyclic) bond motifs is 3. The van der Waals surface area contributed by atoms with Crippen molar-refractivity contribution in [1.29, 1.82) is 0 Å². The first-order chi connectivity index (χ1) is 14.2. The highest BCUT2D eigenvalue weighted by Crippen LogP contribution is 2.35. The molecule has 3 fully saturated rings. The molecule has 2 bridgehead atoms. The van der Waals surface area contributed by atoms with E-state index in [9.17, 15) is 5.11 Å². The molecule has 3 aliphatic rings. The summed E-state index contributed by atoms with van der Waals surface area (Å²) in [5, 5.41) is 15.5. The third-order valence-electron chi connectivity index (χ3n) is 6.05. The monoisotopic (exact) mass is 384 g/mol. The number of rotatable bonds is 3. The molecule has 3 saturated heterocycles. The predicted octanol–water partition coefficient (Wildman–Crippen LogP) is 2.67. The molecule has 6 rings (SSSR count). The number of aliphatic hydroxyl groups is 1. The highest BCUT2D eigenvalue weighted by Gasteiger charge is 2.44. The second-order valence-corrected chi connectivity index (χ2v) is 8.00. The summed E-state index contributed by atoms with van der Waals surface area (Å²) < 4.78 is 1.76. The Hall–Kier alpha value is -2.94. The topological polar surface area (TPSA) is 54.2 Å². The second kappa shape index (κ2) is 7.47. The fourth-order valence-corrected chi connectivity index (χ4v) is 4.42. The van der Waals surface area contributed by atoms with Crippen molar-refractivity contribution in [3.05, 3.63) is 77.7 Å². The van der Waals surface area contributed by atoms with Crippen LogP contribution in [0.15, 0.2) is 60.9 Å². The summed E-state index contributed by atoms with van der Waals surface area (Å²) in [6, 6.07) is 16.1. The average molecular weight is 384 g/mol. The second-order valence-electron chi connectivity index (χ2n) is 8.00. The van der Waals surface area contributed by atoms with E-state index in [0.717, 1.165) is 43.0 Å². The predicted molar refractivity (Wildman–Crippen MR) is 112 cm³/mol. The van der Waals surface area contributed by atoms with Crippen LogP contribution in [-0.2, 0) is 6.42 Å². The standard InChI is InChI=1S/C24H24N4O/c29-24(18-27-15-10-21(24)11-16-27)12-9-20-7-8-23(28-14-4-13-25-28)26-22(20)17-19-5-2-1-3-6-19/h1-8,13-14,21,29H,10-11,15-18H2. The molecule has 146 valence electrons. The maximum atomic E-state index is 11.2. The van der Waals surface area contributed by atoms with Gasteiger partial charge < -0.3 is 5.11 Å². The molecule has 5 nitrogen and oxygen atoms in total. The van der Waals surface area contributed by atoms with E-state index in [4.69, 9.17) is 4.98 Å². The highest BCUT2D eigenvalue weighted by molar-refractivity contribution is 5.45. The van der Waals surface area contributed by atoms with Gasteiger partial charge in [0.15, 0.2) is 5.82 Å². The molecular weight excluding hydrogens is 360 g/mol. The summed E-state index contributed by atoms with van der Waals surface area (Å²) in [4.78, 5) is 7.17. The molecule has 0 saturated carbocycles. The molecule has 1 unspecified atom stereocenters. The maximum absolute atomic E-state index is 11.2. The molecule has 5 heteroatoms. The van der Waals surface area contributed by atoms with Crippen LogP contribution in [0.4, 0.5) is 0 Å². The molecule has 29 heavy (non-hydrogen) atoms. The SMILES string of the molecule is OC1(C#Cc2ccc(-n3cccn3)nc2Cc2ccccc2)CN2CCC1CC2. The van der Waals surface area contributed by atoms with E-state index in [-0.39, 0.29) is 5.92 Å². The number of hydrogen-bond donors (Lipinski definition) is 1. The average Bonchev–Trinajstić information content (AvgIpc) is 3.29. The third kappa shape index (κ3) is 3.69. The van der Waals surface area contributed by atoms with E-state index in [1.54, 1.807) is 10.9 Å². The van der Waals surface area contributed by atoms with Gasteiger partial charge in [-0.05, 0) is 49.7 Å². The van der Waals surface area contributed by atoms with E-state index in [1.165, 1.54) is 5.56 Å². The summed E-state index contributed by atoms with van der Waals surface area (Å²) in [5.74, 6) is 7.55. The minimum absolute atomic E-state index is 0.272. The zero-order valence-electron chi connectivity index (χ0n) is 16.3. The van der Waals surface area contributed by atoms with E-state index in [2.05, 4.69) is 34.0 Å². The van der Waals surface area contributed by atoms with Crippen LogP contribution >= 0.6 is 0 Å². The zero-order valence-corrected chi connectivity index (χ0v) is 16.3. The van der Waals surface area contributed by atoms with Gasteiger partial charge in [0.1, 0.15) is 5.60 Å². The minimum atomic E-state index is -0.916. The van der Waals surface area contributed by atoms with Crippen molar-refractivity contribution in [3.8, 4) is 17.7 Å². The lowest BCUT2D eigenvalue weighted by molar-refractivity contribution is -0.0713. The van der Waals surface area contributed by atoms with Crippen molar-refractivity contribution >= 4 is 0 Å². The molecule has 0 aliphatic carbocycles. The molecule has 0 spiro atoms. The summed E-state index contributed by atoms with van der Waals surface area (Å²) in [5.41, 5.74) is 2.04. The molecule has 0 amide bonds. The van der Waals surface area contributed by atoms with Gasteiger partial charge in [0, 0.05) is 36.8 Å². The van der Waals surface area contributed by atoms with Crippen molar-refractivity contribution in [3.63, 3.8) is 0 Å². The van der Waals surface area contributed by atoms with Crippen molar-refractivity contribution in [1.82, 2.24) is 19.7 Å². The molecule has 2 aromatic heterocycles. The molecule has 1 N–H and O–H groups in total. The number of piperidine rings is 3. The molecule has 1 atom stereocenters. The quantitative estimate of drug-likeness (QED) is 0.706. The van der Waals surface area contributed by atoms with Crippen LogP contribution in [0.25, 0.3) is 5.82 Å². The Bertz CT molecular complexity index is 1040. The van der Waals surface area contributed by atoms with Gasteiger partial charge in [-0.2, -0.15) is 5.10 Å². The van der Waals surface area contributed by atoms with Crippen LogP contribution in [0.5, 0.6) is 0 Å². The number of aromatic nitrogens is 3. The molecular formula is C24H24N4O. The summed E-state index contributed by atoms with van der Waals surface area (Å²) in [6.45, 7) is 2.81. The summed E-state index contributed by atoms with van der Waals surface area (Å²) in [7, 11) is 0. The number of nitrogens with zero attached hydrogens (tertiary/aromatic N) is 4. The first-order valence-electron chi connectivity index (χ1n) is 10.2. The van der Waals surface area contributed by atoms with Gasteiger partial charge in [-0.1, -0.05) is 42.2 Å². The Morgan fingerprint density at radius 1 is 1.07 bits per heavy atom. The van der Waals surface area contributed by atoms with Gasteiger partial charge in [0.05, 0.1) is 5.69 Å². The number of benzene rings is 1. The van der Waals surface area contributed by atoms with Gasteiger partial charge in [-0.25, -0.2) is 9.67 Å². The van der Waals surface area contributed by atoms with E-state index >= 15 is 0 Å². The van der Waals surface area contributed by atoms with Gasteiger partial charge >= 0.3 is 0 Å². The third-order valence-corrected chi connectivity index (χ3v) is 6.05. The lowest BCUT2D eigenvalue weighted by Crippen LogP contribution is -2.58. The van der Waals surface area contributed by atoms with Gasteiger partial charge in [0.2, 0.25) is 0 Å². The number of hydrogen-bond acceptors (Lipinski definition) is 4. The van der Waals surface area contributed by atoms with Crippen LogP contribution in [0.3, 0.4) is 0 Å². The fraction of sp³-hybridized carbons (Fsp3) is 0.333. The molecule has 0 radical (unpaired) electrons. The Morgan fingerprint density at radius 2 is 1.90 bits per heavy atom. The van der Waals surface area contributed by atoms with Gasteiger partial charge in [0.25, 0.3) is 0 Å². The van der Waals surface area contributed by atoms with E-state index in [0.29, 0.717) is 13.0 Å². The van der Waals surface area contributed by atoms with Crippen molar-refractivity contribution in [2.75, 3.05) is 19.6 Å². The Labute approximate surface area is 171 Å². The molecule has 1 aromatic carbocycles. The van der Waals surface area contributed by atoms with Crippen molar-refractivity contribution in [2.24, 2.45) is 5.92 Å². The van der Waals surface area contributed by atoms with Crippen LogP contribution in [0.2, 0.25) is 0 Å². The van der Waals surface area contributed by atoms with Crippen molar-refractivity contribution in [2.45, 2.75) is 24.9 Å². The lowest BCUT2D eigenvalue weighted by Gasteiger charge is -2.47. The Morgan fingerprint density at radius 3 is 2.59 bits per heavy atom. The Kier molecular flexibility index (Phi) is 4.67. The highest BCUT2D eigenvalue weighted by atomic mass is 16.3. The smallest absolute Gasteiger partial charge is 0.153 e. The lowest BCUT2D eigenvalue weighted by atomic mass is 9.75. The van der Waals surface area contributed by atoms with Gasteiger partial charge in [-0.15, -0.1) is 0 Å². The van der Waals surface area contributed by atoms with Gasteiger partial charge in [-0.3, -0.25) is 4.90 Å². The molecule has 5 heterocycles. The first kappa shape index (κ1) is 18.1. The number of pyridine rings is 1. The Balaban J connectivity index is 1.50. The largest absolute Gasteiger partial charge is 0.376 e. The first-order valence-corrected chi connectivity index (χ1v) is 10.2. The maximum Gasteiger partial charge on any atom is 0.153 e. The van der Waals surface area contributed by atoms with Crippen molar-refractivity contribution < 1.29 is 5.11 Å². The van der Waals surface area contributed by atoms with Crippen LogP contribution in [-0.4, -0.2) is 50.0 Å². The summed E-state index contributed by atoms with van der Waals surface area (Å²) in [6.07, 6.45) is 6.37. The zero-order chi connectivity index (χ0) is 19.7. The normalized spacial score (nSPS) is 25.4. The summed E-state index contributed by atoms with van der Waals surface area (Å²) >= 11 is 0. The molecule has 3 aromatic rings. The van der Waals surface area contributed by atoms with E-state index < -0.39 is 5.60 Å².